The first-order chi connectivity index (χ1) is 18.6. The predicted octanol–water partition coefficient (Wildman–Crippen LogP) is 6.95. The van der Waals surface area contributed by atoms with Crippen molar-refractivity contribution in [2.24, 2.45) is 11.3 Å². The van der Waals surface area contributed by atoms with Gasteiger partial charge >= 0.3 is 12.1 Å². The first-order valence-corrected chi connectivity index (χ1v) is 15.0. The number of hydrogen-bond donors (Lipinski definition) is 1. The van der Waals surface area contributed by atoms with Crippen molar-refractivity contribution >= 4 is 21.5 Å². The van der Waals surface area contributed by atoms with Crippen LogP contribution in [-0.4, -0.2) is 55.3 Å². The lowest BCUT2D eigenvalue weighted by molar-refractivity contribution is -0.148. The molecule has 3 aliphatic carbocycles. The Morgan fingerprint density at radius 1 is 1.05 bits per heavy atom. The zero-order valence-corrected chi connectivity index (χ0v) is 23.8. The molecule has 0 saturated heterocycles. The van der Waals surface area contributed by atoms with E-state index in [1.165, 1.54) is 18.7 Å². The number of rotatable bonds is 8. The Morgan fingerprint density at radius 3 is 2.10 bits per heavy atom. The van der Waals surface area contributed by atoms with Gasteiger partial charge in [0, 0.05) is 30.5 Å². The minimum atomic E-state index is -5.08. The Morgan fingerprint density at radius 2 is 1.61 bits per heavy atom. The lowest BCUT2D eigenvalue weighted by Crippen LogP contribution is -2.59. The third-order valence-corrected chi connectivity index (χ3v) is 10.8. The largest absolute Gasteiger partial charge is 0.492 e. The lowest BCUT2D eigenvalue weighted by atomic mass is 9.63. The number of ether oxygens (including phenoxy) is 1. The topological polar surface area (TPSA) is 83.9 Å². The van der Waals surface area contributed by atoms with Crippen LogP contribution in [0, 0.1) is 11.3 Å². The maximum atomic E-state index is 15.9. The summed E-state index contributed by atoms with van der Waals surface area (Å²) in [7, 11) is -5.03. The molecule has 4 aliphatic rings. The molecule has 1 aliphatic heterocycles. The maximum absolute atomic E-state index is 15.9. The monoisotopic (exact) mass is 617 g/mol. The number of carboxylic acids is 1. The second-order valence-electron chi connectivity index (χ2n) is 12.5. The maximum Gasteiger partial charge on any atom is 0.420 e. The van der Waals surface area contributed by atoms with Crippen LogP contribution in [0.2, 0.25) is 0 Å². The van der Waals surface area contributed by atoms with Crippen LogP contribution in [0.5, 0.6) is 5.75 Å². The van der Waals surface area contributed by atoms with Gasteiger partial charge in [-0.2, -0.15) is 13.2 Å². The van der Waals surface area contributed by atoms with Gasteiger partial charge in [0.2, 0.25) is 21.3 Å². The van der Waals surface area contributed by atoms with E-state index in [0.29, 0.717) is 19.1 Å². The highest BCUT2D eigenvalue weighted by atomic mass is 32.2. The van der Waals surface area contributed by atoms with Crippen molar-refractivity contribution in [2.75, 3.05) is 18.1 Å². The quantitative estimate of drug-likeness (QED) is 0.318. The molecule has 1 N–H and O–H groups in total. The molecule has 232 valence electrons. The highest BCUT2D eigenvalue weighted by molar-refractivity contribution is 7.92. The summed E-state index contributed by atoms with van der Waals surface area (Å²) in [6, 6.07) is 1.11. The van der Waals surface area contributed by atoms with E-state index in [2.05, 4.69) is 0 Å². The van der Waals surface area contributed by atoms with E-state index in [4.69, 9.17) is 4.74 Å². The van der Waals surface area contributed by atoms with Crippen LogP contribution in [-0.2, 0) is 20.8 Å². The van der Waals surface area contributed by atoms with E-state index in [-0.39, 0.29) is 38.5 Å². The molecule has 0 unspecified atom stereocenters. The molecule has 2 atom stereocenters. The van der Waals surface area contributed by atoms with E-state index in [1.807, 2.05) is 0 Å². The van der Waals surface area contributed by atoms with Crippen molar-refractivity contribution in [1.82, 2.24) is 0 Å². The van der Waals surface area contributed by atoms with Crippen molar-refractivity contribution in [2.45, 2.75) is 106 Å². The van der Waals surface area contributed by atoms with Crippen LogP contribution in [0.4, 0.5) is 36.4 Å². The fourth-order valence-corrected chi connectivity index (χ4v) is 7.78. The van der Waals surface area contributed by atoms with E-state index >= 15 is 8.78 Å². The minimum absolute atomic E-state index is 0.0833. The second kappa shape index (κ2) is 10.2. The van der Waals surface area contributed by atoms with Gasteiger partial charge in [0.05, 0.1) is 21.6 Å². The predicted molar refractivity (Wildman–Crippen MR) is 135 cm³/mol. The molecule has 14 heteroatoms. The molecule has 1 aromatic rings. The molecule has 1 heterocycles. The number of nitrogens with zero attached hydrogens (tertiary/aromatic N) is 1. The average Bonchev–Trinajstić information content (AvgIpc) is 2.94. The fourth-order valence-electron chi connectivity index (χ4n) is 6.08. The normalized spacial score (nSPS) is 30.0. The van der Waals surface area contributed by atoms with E-state index in [1.54, 1.807) is 0 Å². The fraction of sp³-hybridized carbons (Fsp3) is 0.741. The van der Waals surface area contributed by atoms with Gasteiger partial charge < -0.3 is 14.7 Å². The molecule has 1 aromatic carbocycles. The van der Waals surface area contributed by atoms with Gasteiger partial charge in [0.15, 0.2) is 0 Å². The summed E-state index contributed by atoms with van der Waals surface area (Å²) < 4.78 is 134. The summed E-state index contributed by atoms with van der Waals surface area (Å²) in [4.78, 5) is 12.1. The second-order valence-corrected chi connectivity index (χ2v) is 14.5. The summed E-state index contributed by atoms with van der Waals surface area (Å²) in [5.41, 5.74) is -8.63. The molecule has 0 radical (unpaired) electrons. The Hall–Kier alpha value is -2.25. The van der Waals surface area contributed by atoms with Gasteiger partial charge in [0.25, 0.3) is 0 Å². The van der Waals surface area contributed by atoms with Crippen molar-refractivity contribution < 1.29 is 53.8 Å². The van der Waals surface area contributed by atoms with Crippen LogP contribution >= 0.6 is 0 Å². The van der Waals surface area contributed by atoms with Crippen LogP contribution in [0.3, 0.4) is 0 Å². The molecule has 0 amide bonds. The number of aliphatic carboxylic acids is 1. The van der Waals surface area contributed by atoms with Gasteiger partial charge in [-0.05, 0) is 71.8 Å². The number of hydrogen-bond acceptors (Lipinski definition) is 5. The summed E-state index contributed by atoms with van der Waals surface area (Å²) >= 11 is 0. The summed E-state index contributed by atoms with van der Waals surface area (Å²) in [6.07, 6.45) is -5.72. The molecule has 6 nitrogen and oxygen atoms in total. The zero-order chi connectivity index (χ0) is 30.8. The van der Waals surface area contributed by atoms with Crippen LogP contribution in [0.1, 0.15) is 77.7 Å². The summed E-state index contributed by atoms with van der Waals surface area (Å²) in [5, 5.41) is 9.35. The van der Waals surface area contributed by atoms with Gasteiger partial charge in [-0.3, -0.25) is 4.79 Å². The van der Waals surface area contributed by atoms with E-state index in [0.717, 1.165) is 0 Å². The Bertz CT molecular complexity index is 1270. The molecule has 41 heavy (non-hydrogen) atoms. The van der Waals surface area contributed by atoms with E-state index in [9.17, 15) is 40.3 Å². The summed E-state index contributed by atoms with van der Waals surface area (Å²) in [5.74, 6) is -7.11. The summed E-state index contributed by atoms with van der Waals surface area (Å²) in [6.45, 7) is 1.80. The van der Waals surface area contributed by atoms with Crippen molar-refractivity contribution in [1.29, 1.82) is 0 Å². The number of sulfone groups is 1. The van der Waals surface area contributed by atoms with Gasteiger partial charge in [0.1, 0.15) is 18.0 Å². The molecule has 3 fully saturated rings. The first kappa shape index (κ1) is 31.7. The zero-order valence-electron chi connectivity index (χ0n) is 23.0. The smallest absolute Gasteiger partial charge is 0.420 e. The molecule has 2 bridgehead atoms. The number of fused-ring (bicyclic) bond motifs is 4. The van der Waals surface area contributed by atoms with Crippen molar-refractivity contribution in [3.8, 4) is 5.75 Å². The van der Waals surface area contributed by atoms with Crippen LogP contribution in [0.15, 0.2) is 17.0 Å². The molecule has 0 aromatic heterocycles. The van der Waals surface area contributed by atoms with Gasteiger partial charge in [-0.25, -0.2) is 26.0 Å². The third kappa shape index (κ3) is 6.13. The van der Waals surface area contributed by atoms with Gasteiger partial charge in [-0.1, -0.05) is 0 Å². The molecule has 3 saturated carbocycles. The molecular weight excluding hydrogens is 583 g/mol. The third-order valence-electron chi connectivity index (χ3n) is 8.86. The average molecular weight is 618 g/mol. The Kier molecular flexibility index (Phi) is 7.87. The standard InChI is InChI=1S/C27H34F7NO5S/c1-23(2,22(36)37)15-40-19-13-20-18(12-17(19)27(32,33)34)35(26-9-6-25(31,7-10-26)8-11-26)14-16(4-5-24(3,29)30)21(28)41(20,38)39/h12-13,16,21H,4-11,14-15H2,1-3H3,(H,36,37)/t16-,21+,25?,26?/m1/s1. The number of carbonyl (C=O) groups is 1. The first-order valence-electron chi connectivity index (χ1n) is 13.4. The molecular formula is C27H34F7NO5S. The number of halogens is 7. The molecule has 0 spiro atoms. The number of anilines is 1. The van der Waals surface area contributed by atoms with Gasteiger partial charge in [-0.15, -0.1) is 0 Å². The van der Waals surface area contributed by atoms with Crippen LogP contribution in [0.25, 0.3) is 0 Å². The Labute approximate surface area is 234 Å². The van der Waals surface area contributed by atoms with Crippen molar-refractivity contribution in [3.63, 3.8) is 0 Å². The highest BCUT2D eigenvalue weighted by Crippen LogP contribution is 2.56. The highest BCUT2D eigenvalue weighted by Gasteiger charge is 2.55. The molecule has 5 rings (SSSR count). The van der Waals surface area contributed by atoms with Crippen LogP contribution < -0.4 is 9.64 Å². The number of carboxylic acid groups (broad SMARTS) is 1. The number of alkyl halides is 7. The minimum Gasteiger partial charge on any atom is -0.492 e. The number of benzene rings is 1. The van der Waals surface area contributed by atoms with Crippen molar-refractivity contribution in [3.05, 3.63) is 17.7 Å². The Balaban J connectivity index is 1.90. The SMILES string of the molecule is CC(F)(F)CC[C@@H]1CN(C23CCC(F)(CC2)CC3)c2cc(C(F)(F)F)c(OCC(C)(C)C(=O)O)cc2S(=O)(=O)[C@@H]1F. The lowest BCUT2D eigenvalue weighted by Gasteiger charge is -2.56. The van der Waals surface area contributed by atoms with E-state index < -0.39 is 104 Å².